The molecule has 0 spiro atoms. The van der Waals surface area contributed by atoms with Gasteiger partial charge in [-0.15, -0.1) is 0 Å². The SMILES string of the molecule is COc1ccnc(N[C@@H]2CN(C(=O)C=C(C)C)C[C@H]2c2cn(C)cn2)n1. The van der Waals surface area contributed by atoms with Gasteiger partial charge in [-0.05, 0) is 13.8 Å². The molecule has 138 valence electrons. The molecule has 1 amide bonds. The van der Waals surface area contributed by atoms with Crippen molar-refractivity contribution in [3.05, 3.63) is 42.1 Å². The Bertz CT molecular complexity index is 812. The summed E-state index contributed by atoms with van der Waals surface area (Å²) < 4.78 is 7.07. The van der Waals surface area contributed by atoms with Crippen LogP contribution in [0.25, 0.3) is 0 Å². The molecule has 8 heteroatoms. The number of hydrogen-bond acceptors (Lipinski definition) is 6. The van der Waals surface area contributed by atoms with Crippen LogP contribution in [0.4, 0.5) is 5.95 Å². The number of likely N-dealkylation sites (tertiary alicyclic amines) is 1. The summed E-state index contributed by atoms with van der Waals surface area (Å²) in [7, 11) is 3.50. The van der Waals surface area contributed by atoms with E-state index in [9.17, 15) is 4.79 Å². The average Bonchev–Trinajstić information content (AvgIpc) is 3.20. The van der Waals surface area contributed by atoms with Crippen molar-refractivity contribution < 1.29 is 9.53 Å². The van der Waals surface area contributed by atoms with Crippen molar-refractivity contribution in [1.29, 1.82) is 0 Å². The molecule has 0 aliphatic carbocycles. The summed E-state index contributed by atoms with van der Waals surface area (Å²) in [5.41, 5.74) is 1.93. The normalized spacial score (nSPS) is 19.3. The zero-order chi connectivity index (χ0) is 18.7. The van der Waals surface area contributed by atoms with Gasteiger partial charge in [0, 0.05) is 50.6 Å². The summed E-state index contributed by atoms with van der Waals surface area (Å²) in [6.07, 6.45) is 7.07. The highest BCUT2D eigenvalue weighted by Gasteiger charge is 2.37. The molecule has 1 aliphatic heterocycles. The molecule has 1 aliphatic rings. The second kappa shape index (κ2) is 7.55. The van der Waals surface area contributed by atoms with E-state index >= 15 is 0 Å². The van der Waals surface area contributed by atoms with Crippen molar-refractivity contribution in [2.75, 3.05) is 25.5 Å². The molecule has 1 saturated heterocycles. The zero-order valence-corrected chi connectivity index (χ0v) is 15.5. The molecule has 2 aromatic rings. The Labute approximate surface area is 152 Å². The Kier molecular flexibility index (Phi) is 5.20. The van der Waals surface area contributed by atoms with Crippen molar-refractivity contribution in [2.24, 2.45) is 7.05 Å². The summed E-state index contributed by atoms with van der Waals surface area (Å²) >= 11 is 0. The van der Waals surface area contributed by atoms with Crippen LogP contribution in [-0.2, 0) is 11.8 Å². The molecule has 0 aromatic carbocycles. The van der Waals surface area contributed by atoms with E-state index in [1.165, 1.54) is 0 Å². The molecule has 1 N–H and O–H groups in total. The average molecular weight is 356 g/mol. The van der Waals surface area contributed by atoms with E-state index in [0.29, 0.717) is 24.9 Å². The molecule has 2 aromatic heterocycles. The van der Waals surface area contributed by atoms with Gasteiger partial charge < -0.3 is 19.5 Å². The Balaban J connectivity index is 1.83. The summed E-state index contributed by atoms with van der Waals surface area (Å²) in [6.45, 7) is 5.00. The molecule has 0 unspecified atom stereocenters. The maximum atomic E-state index is 12.5. The van der Waals surface area contributed by atoms with Crippen LogP contribution in [-0.4, -0.2) is 56.6 Å². The summed E-state index contributed by atoms with van der Waals surface area (Å²) in [5, 5.41) is 3.35. The number of ether oxygens (including phenoxy) is 1. The number of nitrogens with zero attached hydrogens (tertiary/aromatic N) is 5. The number of imidazole rings is 1. The molecule has 3 rings (SSSR count). The third-order valence-electron chi connectivity index (χ3n) is 4.30. The van der Waals surface area contributed by atoms with Crippen LogP contribution in [0.15, 0.2) is 36.4 Å². The lowest BCUT2D eigenvalue weighted by Crippen LogP contribution is -2.31. The van der Waals surface area contributed by atoms with Gasteiger partial charge >= 0.3 is 0 Å². The Morgan fingerprint density at radius 3 is 2.81 bits per heavy atom. The second-order valence-electron chi connectivity index (χ2n) is 6.71. The first kappa shape index (κ1) is 17.9. The zero-order valence-electron chi connectivity index (χ0n) is 15.5. The number of aryl methyl sites for hydroxylation is 1. The number of aromatic nitrogens is 4. The van der Waals surface area contributed by atoms with E-state index in [1.54, 1.807) is 31.8 Å². The van der Waals surface area contributed by atoms with Crippen LogP contribution >= 0.6 is 0 Å². The van der Waals surface area contributed by atoms with Gasteiger partial charge in [0.15, 0.2) is 0 Å². The maximum Gasteiger partial charge on any atom is 0.246 e. The van der Waals surface area contributed by atoms with Crippen LogP contribution in [0.2, 0.25) is 0 Å². The molecule has 3 heterocycles. The van der Waals surface area contributed by atoms with Crippen molar-refractivity contribution in [2.45, 2.75) is 25.8 Å². The standard InChI is InChI=1S/C18H24N6O2/c1-12(2)7-17(25)24-8-13(14-9-23(3)11-20-14)15(10-24)21-18-19-6-5-16(22-18)26-4/h5-7,9,11,13,15H,8,10H2,1-4H3,(H,19,21,22)/t13-,15+/m0/s1. The highest BCUT2D eigenvalue weighted by Crippen LogP contribution is 2.29. The molecule has 0 bridgehead atoms. The summed E-state index contributed by atoms with van der Waals surface area (Å²) in [5.74, 6) is 1.04. The predicted octanol–water partition coefficient (Wildman–Crippen LogP) is 1.59. The second-order valence-corrected chi connectivity index (χ2v) is 6.71. The quantitative estimate of drug-likeness (QED) is 0.819. The van der Waals surface area contributed by atoms with E-state index in [-0.39, 0.29) is 17.9 Å². The number of amides is 1. The first-order valence-corrected chi connectivity index (χ1v) is 8.51. The number of methoxy groups -OCH3 is 1. The third kappa shape index (κ3) is 4.01. The van der Waals surface area contributed by atoms with E-state index in [4.69, 9.17) is 4.74 Å². The van der Waals surface area contributed by atoms with Crippen LogP contribution in [0.5, 0.6) is 5.88 Å². The number of anilines is 1. The number of carbonyl (C=O) groups is 1. The van der Waals surface area contributed by atoms with Crippen molar-refractivity contribution >= 4 is 11.9 Å². The Hall–Kier alpha value is -2.90. The predicted molar refractivity (Wildman–Crippen MR) is 98.0 cm³/mol. The van der Waals surface area contributed by atoms with Crippen LogP contribution in [0, 0.1) is 0 Å². The monoisotopic (exact) mass is 356 g/mol. The molecule has 2 atom stereocenters. The maximum absolute atomic E-state index is 12.5. The molecule has 8 nitrogen and oxygen atoms in total. The molecule has 1 fully saturated rings. The van der Waals surface area contributed by atoms with Gasteiger partial charge in [0.1, 0.15) is 0 Å². The van der Waals surface area contributed by atoms with Gasteiger partial charge in [-0.3, -0.25) is 4.79 Å². The van der Waals surface area contributed by atoms with Crippen LogP contribution < -0.4 is 10.1 Å². The molecule has 26 heavy (non-hydrogen) atoms. The number of allylic oxidation sites excluding steroid dienone is 1. The number of nitrogens with one attached hydrogen (secondary N) is 1. The molecular weight excluding hydrogens is 332 g/mol. The van der Waals surface area contributed by atoms with Gasteiger partial charge in [-0.2, -0.15) is 4.98 Å². The van der Waals surface area contributed by atoms with Gasteiger partial charge in [0.05, 0.1) is 25.2 Å². The highest BCUT2D eigenvalue weighted by molar-refractivity contribution is 5.88. The third-order valence-corrected chi connectivity index (χ3v) is 4.30. The largest absolute Gasteiger partial charge is 0.481 e. The number of carbonyl (C=O) groups excluding carboxylic acids is 1. The van der Waals surface area contributed by atoms with Crippen molar-refractivity contribution in [1.82, 2.24) is 24.4 Å². The van der Waals surface area contributed by atoms with E-state index in [1.807, 2.05) is 36.6 Å². The highest BCUT2D eigenvalue weighted by atomic mass is 16.5. The molecule has 0 radical (unpaired) electrons. The van der Waals surface area contributed by atoms with Gasteiger partial charge in [0.2, 0.25) is 17.7 Å². The van der Waals surface area contributed by atoms with E-state index < -0.39 is 0 Å². The number of hydrogen-bond donors (Lipinski definition) is 1. The minimum absolute atomic E-state index is 0.0155. The van der Waals surface area contributed by atoms with Gasteiger partial charge in [-0.1, -0.05) is 5.57 Å². The molecular formula is C18H24N6O2. The summed E-state index contributed by atoms with van der Waals surface area (Å²) in [6, 6.07) is 1.66. The van der Waals surface area contributed by atoms with Gasteiger partial charge in [-0.25, -0.2) is 9.97 Å². The lowest BCUT2D eigenvalue weighted by molar-refractivity contribution is -0.125. The first-order valence-electron chi connectivity index (χ1n) is 8.51. The molecule has 0 saturated carbocycles. The summed E-state index contributed by atoms with van der Waals surface area (Å²) in [4.78, 5) is 27.4. The lowest BCUT2D eigenvalue weighted by atomic mass is 10.0. The first-order chi connectivity index (χ1) is 12.5. The lowest BCUT2D eigenvalue weighted by Gasteiger charge is -2.18. The fourth-order valence-electron chi connectivity index (χ4n) is 3.08. The Morgan fingerprint density at radius 1 is 1.35 bits per heavy atom. The fourth-order valence-corrected chi connectivity index (χ4v) is 3.08. The van der Waals surface area contributed by atoms with Gasteiger partial charge in [0.25, 0.3) is 0 Å². The smallest absolute Gasteiger partial charge is 0.246 e. The Morgan fingerprint density at radius 2 is 2.15 bits per heavy atom. The van der Waals surface area contributed by atoms with Crippen LogP contribution in [0.3, 0.4) is 0 Å². The minimum Gasteiger partial charge on any atom is -0.481 e. The minimum atomic E-state index is -0.0356. The van der Waals surface area contributed by atoms with Crippen molar-refractivity contribution in [3.8, 4) is 5.88 Å². The van der Waals surface area contributed by atoms with E-state index in [0.717, 1.165) is 11.3 Å². The fraction of sp³-hybridized carbons (Fsp3) is 0.444. The van der Waals surface area contributed by atoms with Crippen LogP contribution in [0.1, 0.15) is 25.5 Å². The van der Waals surface area contributed by atoms with Crippen molar-refractivity contribution in [3.63, 3.8) is 0 Å². The van der Waals surface area contributed by atoms with E-state index in [2.05, 4.69) is 20.3 Å². The topological polar surface area (TPSA) is 85.2 Å². The number of rotatable bonds is 5.